The summed E-state index contributed by atoms with van der Waals surface area (Å²) in [6, 6.07) is 5.58. The van der Waals surface area contributed by atoms with E-state index in [1.54, 1.807) is 6.92 Å². The van der Waals surface area contributed by atoms with Crippen LogP contribution in [0.25, 0.3) is 0 Å². The molecule has 1 rings (SSSR count). The number of nitrogens with two attached hydrogens (primary N) is 1. The van der Waals surface area contributed by atoms with Crippen LogP contribution < -0.4 is 10.5 Å². The third-order valence-electron chi connectivity index (χ3n) is 2.31. The lowest BCUT2D eigenvalue weighted by atomic mass is 10.1. The van der Waals surface area contributed by atoms with Gasteiger partial charge in [-0.05, 0) is 26.8 Å². The van der Waals surface area contributed by atoms with Crippen molar-refractivity contribution in [2.75, 3.05) is 13.2 Å². The molecule has 0 spiro atoms. The standard InChI is InChI=1S/C13H19NO3/c1-4-16-13(15)8-17-12-6-5-9(2)7-11(12)10(3)14/h5-7,10H,4,8,14H2,1-3H3/t10-/m0/s1. The highest BCUT2D eigenvalue weighted by molar-refractivity contribution is 5.71. The Morgan fingerprint density at radius 1 is 1.47 bits per heavy atom. The molecule has 0 aliphatic carbocycles. The van der Waals surface area contributed by atoms with Crippen LogP contribution in [0.4, 0.5) is 0 Å². The highest BCUT2D eigenvalue weighted by Gasteiger charge is 2.10. The lowest BCUT2D eigenvalue weighted by Gasteiger charge is -2.14. The summed E-state index contributed by atoms with van der Waals surface area (Å²) in [5.41, 5.74) is 7.86. The van der Waals surface area contributed by atoms with E-state index in [0.717, 1.165) is 11.1 Å². The predicted molar refractivity (Wildman–Crippen MR) is 65.9 cm³/mol. The number of aryl methyl sites for hydroxylation is 1. The first-order chi connectivity index (χ1) is 8.04. The van der Waals surface area contributed by atoms with E-state index in [1.807, 2.05) is 32.0 Å². The lowest BCUT2D eigenvalue weighted by molar-refractivity contribution is -0.145. The minimum Gasteiger partial charge on any atom is -0.482 e. The van der Waals surface area contributed by atoms with E-state index < -0.39 is 0 Å². The van der Waals surface area contributed by atoms with Crippen LogP contribution in [-0.4, -0.2) is 19.2 Å². The number of benzene rings is 1. The van der Waals surface area contributed by atoms with E-state index in [9.17, 15) is 4.79 Å². The summed E-state index contributed by atoms with van der Waals surface area (Å²) >= 11 is 0. The summed E-state index contributed by atoms with van der Waals surface area (Å²) in [7, 11) is 0. The summed E-state index contributed by atoms with van der Waals surface area (Å²) in [6.07, 6.45) is 0. The second-order valence-electron chi connectivity index (χ2n) is 3.92. The predicted octanol–water partition coefficient (Wildman–Crippen LogP) is 1.96. The van der Waals surface area contributed by atoms with Crippen LogP contribution in [-0.2, 0) is 9.53 Å². The number of hydrogen-bond donors (Lipinski definition) is 1. The maximum Gasteiger partial charge on any atom is 0.344 e. The number of carbonyl (C=O) groups is 1. The zero-order chi connectivity index (χ0) is 12.8. The summed E-state index contributed by atoms with van der Waals surface area (Å²) < 4.78 is 10.2. The minimum absolute atomic E-state index is 0.0867. The second-order valence-corrected chi connectivity index (χ2v) is 3.92. The number of rotatable bonds is 5. The van der Waals surface area contributed by atoms with Gasteiger partial charge in [-0.2, -0.15) is 0 Å². The fourth-order valence-corrected chi connectivity index (χ4v) is 1.49. The molecule has 0 bridgehead atoms. The van der Waals surface area contributed by atoms with Crippen molar-refractivity contribution in [2.45, 2.75) is 26.8 Å². The highest BCUT2D eigenvalue weighted by Crippen LogP contribution is 2.24. The van der Waals surface area contributed by atoms with E-state index in [0.29, 0.717) is 12.4 Å². The van der Waals surface area contributed by atoms with Gasteiger partial charge in [-0.25, -0.2) is 4.79 Å². The Labute approximate surface area is 102 Å². The van der Waals surface area contributed by atoms with Gasteiger partial charge in [0.1, 0.15) is 5.75 Å². The zero-order valence-corrected chi connectivity index (χ0v) is 10.5. The molecular formula is C13H19NO3. The van der Waals surface area contributed by atoms with Crippen molar-refractivity contribution >= 4 is 5.97 Å². The average Bonchev–Trinajstić information content (AvgIpc) is 2.27. The van der Waals surface area contributed by atoms with Gasteiger partial charge in [-0.15, -0.1) is 0 Å². The van der Waals surface area contributed by atoms with Gasteiger partial charge in [0.05, 0.1) is 6.61 Å². The molecule has 2 N–H and O–H groups in total. The first kappa shape index (κ1) is 13.5. The van der Waals surface area contributed by atoms with Gasteiger partial charge in [-0.3, -0.25) is 0 Å². The van der Waals surface area contributed by atoms with Crippen LogP contribution in [0.1, 0.15) is 31.0 Å². The molecule has 1 aromatic rings. The van der Waals surface area contributed by atoms with Crippen LogP contribution in [0.3, 0.4) is 0 Å². The number of esters is 1. The van der Waals surface area contributed by atoms with Crippen molar-refractivity contribution in [3.05, 3.63) is 29.3 Å². The Morgan fingerprint density at radius 2 is 2.18 bits per heavy atom. The smallest absolute Gasteiger partial charge is 0.344 e. The van der Waals surface area contributed by atoms with Crippen LogP contribution in [0, 0.1) is 6.92 Å². The highest BCUT2D eigenvalue weighted by atomic mass is 16.6. The van der Waals surface area contributed by atoms with Gasteiger partial charge < -0.3 is 15.2 Å². The molecule has 0 amide bonds. The number of hydrogen-bond acceptors (Lipinski definition) is 4. The molecule has 1 atom stereocenters. The molecule has 1 aromatic carbocycles. The molecule has 0 saturated heterocycles. The van der Waals surface area contributed by atoms with Gasteiger partial charge in [0.15, 0.2) is 6.61 Å². The van der Waals surface area contributed by atoms with E-state index >= 15 is 0 Å². The monoisotopic (exact) mass is 237 g/mol. The maximum atomic E-state index is 11.2. The van der Waals surface area contributed by atoms with Gasteiger partial charge in [0.25, 0.3) is 0 Å². The quantitative estimate of drug-likeness (QED) is 0.795. The van der Waals surface area contributed by atoms with Crippen molar-refractivity contribution in [3.8, 4) is 5.75 Å². The number of ether oxygens (including phenoxy) is 2. The Morgan fingerprint density at radius 3 is 2.76 bits per heavy atom. The van der Waals surface area contributed by atoms with Gasteiger partial charge in [-0.1, -0.05) is 17.7 Å². The Hall–Kier alpha value is -1.55. The topological polar surface area (TPSA) is 61.5 Å². The fraction of sp³-hybridized carbons (Fsp3) is 0.462. The first-order valence-electron chi connectivity index (χ1n) is 5.69. The Balaban J connectivity index is 2.73. The van der Waals surface area contributed by atoms with Crippen LogP contribution >= 0.6 is 0 Å². The van der Waals surface area contributed by atoms with E-state index in [2.05, 4.69) is 0 Å². The summed E-state index contributed by atoms with van der Waals surface area (Å²) in [5, 5.41) is 0. The van der Waals surface area contributed by atoms with Crippen LogP contribution in [0.2, 0.25) is 0 Å². The minimum atomic E-state index is -0.372. The third kappa shape index (κ3) is 4.07. The summed E-state index contributed by atoms with van der Waals surface area (Å²) in [6.45, 7) is 5.90. The normalized spacial score (nSPS) is 12.0. The summed E-state index contributed by atoms with van der Waals surface area (Å²) in [5.74, 6) is 0.266. The van der Waals surface area contributed by atoms with Crippen molar-refractivity contribution in [1.29, 1.82) is 0 Å². The van der Waals surface area contributed by atoms with Crippen molar-refractivity contribution in [3.63, 3.8) is 0 Å². The van der Waals surface area contributed by atoms with Crippen molar-refractivity contribution in [2.24, 2.45) is 5.73 Å². The molecule has 94 valence electrons. The van der Waals surface area contributed by atoms with E-state index in [-0.39, 0.29) is 18.6 Å². The van der Waals surface area contributed by atoms with Gasteiger partial charge in [0, 0.05) is 11.6 Å². The third-order valence-corrected chi connectivity index (χ3v) is 2.31. The average molecular weight is 237 g/mol. The first-order valence-corrected chi connectivity index (χ1v) is 5.69. The lowest BCUT2D eigenvalue weighted by Crippen LogP contribution is -2.16. The van der Waals surface area contributed by atoms with Gasteiger partial charge >= 0.3 is 5.97 Å². The molecule has 17 heavy (non-hydrogen) atoms. The van der Waals surface area contributed by atoms with Crippen LogP contribution in [0.5, 0.6) is 5.75 Å². The zero-order valence-electron chi connectivity index (χ0n) is 10.5. The Kier molecular flexibility index (Phi) is 4.97. The van der Waals surface area contributed by atoms with Gasteiger partial charge in [0.2, 0.25) is 0 Å². The molecular weight excluding hydrogens is 218 g/mol. The fourth-order valence-electron chi connectivity index (χ4n) is 1.49. The molecule has 0 fully saturated rings. The molecule has 0 aromatic heterocycles. The molecule has 0 saturated carbocycles. The number of carbonyl (C=O) groups excluding carboxylic acids is 1. The maximum absolute atomic E-state index is 11.2. The molecule has 0 heterocycles. The second kappa shape index (κ2) is 6.25. The molecule has 0 aliphatic rings. The Bertz CT molecular complexity index is 388. The van der Waals surface area contributed by atoms with E-state index in [4.69, 9.17) is 15.2 Å². The van der Waals surface area contributed by atoms with Crippen molar-refractivity contribution in [1.82, 2.24) is 0 Å². The molecule has 0 aliphatic heterocycles. The largest absolute Gasteiger partial charge is 0.482 e. The molecule has 0 radical (unpaired) electrons. The molecule has 4 heteroatoms. The van der Waals surface area contributed by atoms with Crippen molar-refractivity contribution < 1.29 is 14.3 Å². The molecule has 4 nitrogen and oxygen atoms in total. The van der Waals surface area contributed by atoms with E-state index in [1.165, 1.54) is 0 Å². The molecule has 0 unspecified atom stereocenters. The van der Waals surface area contributed by atoms with Crippen LogP contribution in [0.15, 0.2) is 18.2 Å². The summed E-state index contributed by atoms with van der Waals surface area (Å²) in [4.78, 5) is 11.2. The SMILES string of the molecule is CCOC(=O)COc1ccc(C)cc1[C@H](C)N.